The lowest BCUT2D eigenvalue weighted by atomic mass is 9.94. The van der Waals surface area contributed by atoms with Gasteiger partial charge in [-0.25, -0.2) is 0 Å². The van der Waals surface area contributed by atoms with Crippen molar-refractivity contribution in [2.75, 3.05) is 11.4 Å². The van der Waals surface area contributed by atoms with Crippen LogP contribution in [0.3, 0.4) is 0 Å². The van der Waals surface area contributed by atoms with Gasteiger partial charge in [0.05, 0.1) is 12.8 Å². The van der Waals surface area contributed by atoms with Crippen LogP contribution >= 0.6 is 0 Å². The molecule has 1 aliphatic rings. The van der Waals surface area contributed by atoms with Gasteiger partial charge in [0.15, 0.2) is 5.76 Å². The molecule has 3 amide bonds. The lowest BCUT2D eigenvalue weighted by Crippen LogP contribution is -2.49. The molecule has 8 heteroatoms. The molecule has 3 aromatic rings. The number of amides is 3. The number of furan rings is 1. The first-order chi connectivity index (χ1) is 17.4. The number of aryl methyl sites for hydroxylation is 2. The van der Waals surface area contributed by atoms with Gasteiger partial charge in [0.25, 0.3) is 5.91 Å². The van der Waals surface area contributed by atoms with E-state index in [0.717, 1.165) is 36.8 Å². The normalized spacial score (nSPS) is 14.6. The number of nitrogens with one attached hydrogen (secondary N) is 2. The maximum atomic E-state index is 13.8. The minimum atomic E-state index is -0.926. The molecule has 0 saturated heterocycles. The number of hydrogen-bond donors (Lipinski definition) is 2. The molecule has 0 spiro atoms. The fourth-order valence-electron chi connectivity index (χ4n) is 4.54. The first kappa shape index (κ1) is 25.2. The Hall–Kier alpha value is -3.94. The number of aromatic nitrogens is 1. The minimum absolute atomic E-state index is 0.0750. The molecule has 1 fully saturated rings. The summed E-state index contributed by atoms with van der Waals surface area (Å²) in [4.78, 5) is 45.5. The van der Waals surface area contributed by atoms with Crippen molar-refractivity contribution in [1.82, 2.24) is 15.6 Å². The number of nitrogens with zero attached hydrogens (tertiary/aromatic N) is 2. The number of benzene rings is 1. The topological polar surface area (TPSA) is 105 Å². The zero-order valence-corrected chi connectivity index (χ0v) is 20.7. The summed E-state index contributed by atoms with van der Waals surface area (Å²) >= 11 is 0. The van der Waals surface area contributed by atoms with Gasteiger partial charge in [0.1, 0.15) is 6.04 Å². The summed E-state index contributed by atoms with van der Waals surface area (Å²) in [5, 5.41) is 5.80. The molecular formula is C28H32N4O4. The molecule has 8 nitrogen and oxygen atoms in total. The monoisotopic (exact) mass is 488 g/mol. The van der Waals surface area contributed by atoms with Gasteiger partial charge in [0.2, 0.25) is 11.8 Å². The molecule has 2 heterocycles. The predicted molar refractivity (Wildman–Crippen MR) is 136 cm³/mol. The smallest absolute Gasteiger partial charge is 0.287 e. The van der Waals surface area contributed by atoms with E-state index in [1.54, 1.807) is 30.6 Å². The largest absolute Gasteiger partial charge is 0.459 e. The van der Waals surface area contributed by atoms with E-state index in [9.17, 15) is 14.4 Å². The highest BCUT2D eigenvalue weighted by Gasteiger charge is 2.34. The standard InChI is InChI=1S/C28H32N4O4/c1-19-10-11-23(17-20(19)2)32(25(33)18-30-27(34)24-9-6-16-36-24)26(21-12-14-29-15-13-21)28(35)31-22-7-4-3-5-8-22/h6,9-17,22,26H,3-5,7-8,18H2,1-2H3,(H,30,34)(H,31,35). The van der Waals surface area contributed by atoms with Crippen LogP contribution in [0.4, 0.5) is 5.69 Å². The summed E-state index contributed by atoms with van der Waals surface area (Å²) in [6.45, 7) is 3.65. The Balaban J connectivity index is 1.68. The highest BCUT2D eigenvalue weighted by atomic mass is 16.3. The fraction of sp³-hybridized carbons (Fsp3) is 0.357. The molecule has 1 aromatic carbocycles. The number of carbonyl (C=O) groups is 3. The van der Waals surface area contributed by atoms with Gasteiger partial charge >= 0.3 is 0 Å². The fourth-order valence-corrected chi connectivity index (χ4v) is 4.54. The van der Waals surface area contributed by atoms with E-state index in [2.05, 4.69) is 15.6 Å². The summed E-state index contributed by atoms with van der Waals surface area (Å²) in [5.74, 6) is -1.06. The van der Waals surface area contributed by atoms with Gasteiger partial charge in [-0.15, -0.1) is 0 Å². The second kappa shape index (κ2) is 11.7. The first-order valence-electron chi connectivity index (χ1n) is 12.4. The molecular weight excluding hydrogens is 456 g/mol. The van der Waals surface area contributed by atoms with Crippen LogP contribution in [0, 0.1) is 13.8 Å². The third-order valence-corrected chi connectivity index (χ3v) is 6.66. The quantitative estimate of drug-likeness (QED) is 0.493. The van der Waals surface area contributed by atoms with Crippen molar-refractivity contribution in [3.05, 3.63) is 83.6 Å². The van der Waals surface area contributed by atoms with E-state index < -0.39 is 17.9 Å². The average molecular weight is 489 g/mol. The van der Waals surface area contributed by atoms with E-state index in [4.69, 9.17) is 4.42 Å². The van der Waals surface area contributed by atoms with E-state index in [0.29, 0.717) is 11.3 Å². The summed E-state index contributed by atoms with van der Waals surface area (Å²) in [6, 6.07) is 11.4. The molecule has 4 rings (SSSR count). The summed E-state index contributed by atoms with van der Waals surface area (Å²) in [5.41, 5.74) is 3.29. The lowest BCUT2D eigenvalue weighted by molar-refractivity contribution is -0.127. The molecule has 2 aromatic heterocycles. The van der Waals surface area contributed by atoms with Gasteiger partial charge in [-0.3, -0.25) is 24.3 Å². The van der Waals surface area contributed by atoms with Crippen LogP contribution in [-0.4, -0.2) is 35.3 Å². The van der Waals surface area contributed by atoms with E-state index in [1.165, 1.54) is 23.7 Å². The molecule has 0 aliphatic heterocycles. The van der Waals surface area contributed by atoms with Crippen molar-refractivity contribution >= 4 is 23.4 Å². The van der Waals surface area contributed by atoms with E-state index in [-0.39, 0.29) is 24.3 Å². The van der Waals surface area contributed by atoms with Crippen molar-refractivity contribution in [3.63, 3.8) is 0 Å². The average Bonchev–Trinajstić information content (AvgIpc) is 3.44. The summed E-state index contributed by atoms with van der Waals surface area (Å²) in [7, 11) is 0. The summed E-state index contributed by atoms with van der Waals surface area (Å²) < 4.78 is 5.13. The molecule has 36 heavy (non-hydrogen) atoms. The third-order valence-electron chi connectivity index (χ3n) is 6.66. The highest BCUT2D eigenvalue weighted by molar-refractivity contribution is 6.04. The van der Waals surface area contributed by atoms with Gasteiger partial charge in [-0.05, 0) is 79.8 Å². The van der Waals surface area contributed by atoms with Crippen molar-refractivity contribution in [2.45, 2.75) is 58.0 Å². The summed E-state index contributed by atoms with van der Waals surface area (Å²) in [6.07, 6.45) is 9.77. The van der Waals surface area contributed by atoms with Crippen LogP contribution in [-0.2, 0) is 9.59 Å². The SMILES string of the molecule is Cc1ccc(N(C(=O)CNC(=O)c2ccco2)C(C(=O)NC2CCCCC2)c2ccncc2)cc1C. The minimum Gasteiger partial charge on any atom is -0.459 e. The van der Waals surface area contributed by atoms with Crippen molar-refractivity contribution in [1.29, 1.82) is 0 Å². The Bertz CT molecular complexity index is 1190. The Morgan fingerprint density at radius 3 is 2.44 bits per heavy atom. The Morgan fingerprint density at radius 1 is 1.03 bits per heavy atom. The Morgan fingerprint density at radius 2 is 1.78 bits per heavy atom. The van der Waals surface area contributed by atoms with Crippen LogP contribution in [0.5, 0.6) is 0 Å². The van der Waals surface area contributed by atoms with Gasteiger partial charge in [0, 0.05) is 24.1 Å². The zero-order valence-electron chi connectivity index (χ0n) is 20.7. The number of hydrogen-bond acceptors (Lipinski definition) is 5. The van der Waals surface area contributed by atoms with E-state index in [1.807, 2.05) is 32.0 Å². The second-order valence-electron chi connectivity index (χ2n) is 9.22. The molecule has 2 N–H and O–H groups in total. The van der Waals surface area contributed by atoms with Crippen molar-refractivity contribution in [2.24, 2.45) is 0 Å². The maximum absolute atomic E-state index is 13.8. The number of rotatable bonds is 8. The molecule has 1 aliphatic carbocycles. The van der Waals surface area contributed by atoms with Gasteiger partial charge < -0.3 is 15.1 Å². The van der Waals surface area contributed by atoms with Gasteiger partial charge in [-0.2, -0.15) is 0 Å². The van der Waals surface area contributed by atoms with Crippen molar-refractivity contribution in [3.8, 4) is 0 Å². The number of pyridine rings is 1. The molecule has 188 valence electrons. The third kappa shape index (κ3) is 6.00. The second-order valence-corrected chi connectivity index (χ2v) is 9.22. The van der Waals surface area contributed by atoms with Crippen LogP contribution in [0.2, 0.25) is 0 Å². The van der Waals surface area contributed by atoms with E-state index >= 15 is 0 Å². The lowest BCUT2D eigenvalue weighted by Gasteiger charge is -2.33. The molecule has 1 unspecified atom stereocenters. The predicted octanol–water partition coefficient (Wildman–Crippen LogP) is 4.24. The Labute approximate surface area is 211 Å². The number of anilines is 1. The maximum Gasteiger partial charge on any atom is 0.287 e. The molecule has 0 bridgehead atoms. The zero-order chi connectivity index (χ0) is 25.5. The van der Waals surface area contributed by atoms with Crippen LogP contribution in [0.25, 0.3) is 0 Å². The van der Waals surface area contributed by atoms with Gasteiger partial charge in [-0.1, -0.05) is 25.3 Å². The molecule has 1 saturated carbocycles. The molecule has 1 atom stereocenters. The first-order valence-corrected chi connectivity index (χ1v) is 12.4. The molecule has 0 radical (unpaired) electrons. The number of carbonyl (C=O) groups excluding carboxylic acids is 3. The Kier molecular flexibility index (Phi) is 8.15. The van der Waals surface area contributed by atoms with Crippen molar-refractivity contribution < 1.29 is 18.8 Å². The van der Waals surface area contributed by atoms with Crippen LogP contribution in [0.1, 0.15) is 65.4 Å². The van der Waals surface area contributed by atoms with Crippen LogP contribution < -0.4 is 15.5 Å². The highest BCUT2D eigenvalue weighted by Crippen LogP contribution is 2.30. The van der Waals surface area contributed by atoms with Crippen LogP contribution in [0.15, 0.2) is 65.5 Å².